The van der Waals surface area contributed by atoms with Gasteiger partial charge < -0.3 is 5.11 Å². The van der Waals surface area contributed by atoms with Crippen LogP contribution in [-0.2, 0) is 4.79 Å². The third-order valence-corrected chi connectivity index (χ3v) is 6.21. The average molecular weight is 450 g/mol. The van der Waals surface area contributed by atoms with Crippen molar-refractivity contribution < 1.29 is 23.1 Å². The summed E-state index contributed by atoms with van der Waals surface area (Å²) < 4.78 is 41.9. The van der Waals surface area contributed by atoms with Gasteiger partial charge in [0.2, 0.25) is 0 Å². The van der Waals surface area contributed by atoms with E-state index in [9.17, 15) is 23.1 Å². The third-order valence-electron chi connectivity index (χ3n) is 5.37. The van der Waals surface area contributed by atoms with Crippen LogP contribution < -0.4 is 0 Å². The number of hydrogen-bond donors (Lipinski definition) is 1. The summed E-state index contributed by atoms with van der Waals surface area (Å²) >= 11 is 1.31. The lowest BCUT2D eigenvalue weighted by atomic mass is 9.87. The van der Waals surface area contributed by atoms with Crippen molar-refractivity contribution in [2.24, 2.45) is 4.99 Å². The molecule has 0 fully saturated rings. The predicted molar refractivity (Wildman–Crippen MR) is 121 cm³/mol. The number of aryl methyl sites for hydroxylation is 2. The highest BCUT2D eigenvalue weighted by atomic mass is 32.1. The molecule has 0 aliphatic heterocycles. The molecule has 0 saturated carbocycles. The number of alkyl halides is 3. The number of thiophene rings is 1. The fraction of sp³-hybridized carbons (Fsp3) is 0.333. The van der Waals surface area contributed by atoms with E-state index in [1.165, 1.54) is 31.3 Å². The van der Waals surface area contributed by atoms with Gasteiger partial charge >= 0.3 is 6.18 Å². The Morgan fingerprint density at radius 3 is 2.10 bits per heavy atom. The summed E-state index contributed by atoms with van der Waals surface area (Å²) in [5, 5.41) is 11.8. The summed E-state index contributed by atoms with van der Waals surface area (Å²) in [6.45, 7) is 11.2. The van der Waals surface area contributed by atoms with E-state index < -0.39 is 17.7 Å². The van der Waals surface area contributed by atoms with Gasteiger partial charge in [-0.3, -0.25) is 4.79 Å². The van der Waals surface area contributed by atoms with Crippen LogP contribution in [0.2, 0.25) is 0 Å². The molecule has 7 heteroatoms. The van der Waals surface area contributed by atoms with Gasteiger partial charge in [0, 0.05) is 10.5 Å². The Bertz CT molecular complexity index is 1120. The fourth-order valence-electron chi connectivity index (χ4n) is 3.69. The van der Waals surface area contributed by atoms with Crippen LogP contribution in [0.25, 0.3) is 5.57 Å². The van der Waals surface area contributed by atoms with Gasteiger partial charge in [-0.05, 0) is 99.4 Å². The smallest absolute Gasteiger partial charge is 0.433 e. The second-order valence-electron chi connectivity index (χ2n) is 7.53. The Labute approximate surface area is 184 Å². The van der Waals surface area contributed by atoms with Crippen molar-refractivity contribution in [2.75, 3.05) is 0 Å². The van der Waals surface area contributed by atoms with Crippen molar-refractivity contribution in [3.05, 3.63) is 61.9 Å². The van der Waals surface area contributed by atoms with Crippen LogP contribution >= 0.6 is 11.3 Å². The highest BCUT2D eigenvalue weighted by molar-refractivity contribution is 7.10. The summed E-state index contributed by atoms with van der Waals surface area (Å²) in [6, 6.07) is 4.83. The molecule has 0 atom stereocenters. The molecule has 0 bridgehead atoms. The van der Waals surface area contributed by atoms with Crippen molar-refractivity contribution in [1.82, 2.24) is 0 Å². The van der Waals surface area contributed by atoms with Gasteiger partial charge in [0.05, 0.1) is 5.69 Å². The first-order valence-corrected chi connectivity index (χ1v) is 10.5. The topological polar surface area (TPSA) is 49.7 Å². The Morgan fingerprint density at radius 2 is 1.61 bits per heavy atom. The molecule has 3 nitrogen and oxygen atoms in total. The summed E-state index contributed by atoms with van der Waals surface area (Å²) in [4.78, 5) is 17.1. The van der Waals surface area contributed by atoms with E-state index in [0.29, 0.717) is 27.2 Å². The average Bonchev–Trinajstić information content (AvgIpc) is 3.06. The molecular formula is C24H26F3NO2S. The Balaban J connectivity index is 2.84. The number of benzene rings is 1. The highest BCUT2D eigenvalue weighted by Gasteiger charge is 2.38. The Morgan fingerprint density at radius 1 is 1.00 bits per heavy atom. The lowest BCUT2D eigenvalue weighted by molar-refractivity contribution is -0.113. The van der Waals surface area contributed by atoms with Crippen molar-refractivity contribution in [2.45, 2.75) is 54.6 Å². The first-order chi connectivity index (χ1) is 14.3. The first kappa shape index (κ1) is 24.6. The molecule has 0 amide bonds. The number of carbonyl (C=O) groups is 1. The van der Waals surface area contributed by atoms with Gasteiger partial charge in [-0.1, -0.05) is 6.07 Å². The van der Waals surface area contributed by atoms with Gasteiger partial charge in [-0.15, -0.1) is 11.3 Å². The van der Waals surface area contributed by atoms with Gasteiger partial charge in [0.1, 0.15) is 11.5 Å². The van der Waals surface area contributed by atoms with Crippen LogP contribution in [0.5, 0.6) is 5.75 Å². The molecule has 1 N–H and O–H groups in total. The van der Waals surface area contributed by atoms with Gasteiger partial charge in [-0.25, -0.2) is 4.99 Å². The standard InChI is InChI=1S/C24H26F3NO2S/c1-12-8-9-20(30)15(4)21(12)13(2)14(3)22(17(6)29)16(5)23(24(25,26)27)28-19-10-11-31-18(19)7/h8-11,30H,1-7H3/b14-13+,22-16-,28-23?. The number of rotatable bonds is 5. The summed E-state index contributed by atoms with van der Waals surface area (Å²) in [7, 11) is 0. The maximum Gasteiger partial charge on any atom is 0.433 e. The molecule has 1 aromatic carbocycles. The number of allylic oxidation sites excluding steroid dienone is 4. The number of Topliss-reactive ketones (excluding diaryl/α,β-unsaturated/α-hetero) is 1. The monoisotopic (exact) mass is 449 g/mol. The number of ketones is 1. The Kier molecular flexibility index (Phi) is 7.32. The molecule has 1 heterocycles. The number of aromatic hydroxyl groups is 1. The maximum atomic E-state index is 14.0. The summed E-state index contributed by atoms with van der Waals surface area (Å²) in [5.41, 5.74) is 2.12. The van der Waals surface area contributed by atoms with Crippen molar-refractivity contribution in [1.29, 1.82) is 0 Å². The molecule has 2 aromatic rings. The minimum absolute atomic E-state index is 0.0244. The van der Waals surface area contributed by atoms with Crippen LogP contribution in [0.4, 0.5) is 18.9 Å². The minimum atomic E-state index is -4.73. The molecule has 31 heavy (non-hydrogen) atoms. The van der Waals surface area contributed by atoms with E-state index in [2.05, 4.69) is 4.99 Å². The van der Waals surface area contributed by atoms with Crippen molar-refractivity contribution in [3.8, 4) is 5.75 Å². The van der Waals surface area contributed by atoms with Gasteiger partial charge in [-0.2, -0.15) is 13.2 Å². The Hall–Kier alpha value is -2.67. The molecule has 2 rings (SSSR count). The number of carbonyl (C=O) groups excluding carboxylic acids is 1. The highest BCUT2D eigenvalue weighted by Crippen LogP contribution is 2.36. The molecule has 0 saturated heterocycles. The quantitative estimate of drug-likeness (QED) is 0.293. The van der Waals surface area contributed by atoms with Crippen molar-refractivity contribution >= 4 is 34.1 Å². The van der Waals surface area contributed by atoms with Crippen LogP contribution in [0.1, 0.15) is 49.3 Å². The number of halogens is 3. The number of nitrogens with zero attached hydrogens (tertiary/aromatic N) is 1. The molecule has 0 aliphatic rings. The minimum Gasteiger partial charge on any atom is -0.508 e. The van der Waals surface area contributed by atoms with E-state index in [1.807, 2.05) is 6.92 Å². The molecule has 0 unspecified atom stereocenters. The molecule has 0 spiro atoms. The summed E-state index contributed by atoms with van der Waals surface area (Å²) in [6.07, 6.45) is -4.73. The van der Waals surface area contributed by atoms with Crippen LogP contribution in [-0.4, -0.2) is 22.8 Å². The lowest BCUT2D eigenvalue weighted by Crippen LogP contribution is -2.26. The normalized spacial score (nSPS) is 14.3. The van der Waals surface area contributed by atoms with E-state index in [-0.39, 0.29) is 22.6 Å². The zero-order chi connectivity index (χ0) is 23.7. The maximum absolute atomic E-state index is 14.0. The second kappa shape index (κ2) is 9.22. The van der Waals surface area contributed by atoms with Gasteiger partial charge in [0.15, 0.2) is 5.78 Å². The molecule has 0 aliphatic carbocycles. The predicted octanol–water partition coefficient (Wildman–Crippen LogP) is 7.41. The SMILES string of the molecule is CC(=O)C(=C(/C)C(=Nc1ccsc1C)C(F)(F)F)/C(C)=C(\C)c1c(C)ccc(O)c1C. The number of aliphatic imine (C=N–C) groups is 1. The largest absolute Gasteiger partial charge is 0.508 e. The van der Waals surface area contributed by atoms with E-state index >= 15 is 0 Å². The molecule has 1 aromatic heterocycles. The fourth-order valence-corrected chi connectivity index (χ4v) is 4.33. The molecular weight excluding hydrogens is 423 g/mol. The van der Waals surface area contributed by atoms with E-state index in [0.717, 1.165) is 5.56 Å². The molecule has 0 radical (unpaired) electrons. The van der Waals surface area contributed by atoms with Gasteiger partial charge in [0.25, 0.3) is 0 Å². The second-order valence-corrected chi connectivity index (χ2v) is 8.65. The van der Waals surface area contributed by atoms with E-state index in [1.54, 1.807) is 45.2 Å². The van der Waals surface area contributed by atoms with Crippen molar-refractivity contribution in [3.63, 3.8) is 0 Å². The number of hydrogen-bond acceptors (Lipinski definition) is 4. The van der Waals surface area contributed by atoms with Crippen LogP contribution in [0.3, 0.4) is 0 Å². The third kappa shape index (κ3) is 5.15. The number of phenolic OH excluding ortho intramolecular Hbond substituents is 1. The molecule has 166 valence electrons. The zero-order valence-corrected chi connectivity index (χ0v) is 19.5. The number of phenols is 1. The van der Waals surface area contributed by atoms with Crippen LogP contribution in [0.15, 0.2) is 45.3 Å². The van der Waals surface area contributed by atoms with E-state index in [4.69, 9.17) is 0 Å². The lowest BCUT2D eigenvalue weighted by Gasteiger charge is -2.19. The zero-order valence-electron chi connectivity index (χ0n) is 18.7. The first-order valence-electron chi connectivity index (χ1n) is 9.66. The van der Waals surface area contributed by atoms with Crippen LogP contribution in [0, 0.1) is 20.8 Å². The summed E-state index contributed by atoms with van der Waals surface area (Å²) in [5.74, 6) is -0.396.